The molecule has 6 aliphatic heterocycles. The molecular formula is C33H25B5N2P-. The van der Waals surface area contributed by atoms with Gasteiger partial charge in [0, 0.05) is 0 Å². The Morgan fingerprint density at radius 2 is 1.44 bits per heavy atom. The number of rotatable bonds is 3. The fourth-order valence-electron chi connectivity index (χ4n) is 9.97. The molecule has 4 fully saturated rings. The van der Waals surface area contributed by atoms with Gasteiger partial charge in [-0.2, -0.15) is 0 Å². The van der Waals surface area contributed by atoms with Crippen LogP contribution in [0.25, 0.3) is 27.5 Å². The quantitative estimate of drug-likeness (QED) is 0.264. The monoisotopic (exact) mass is 535 g/mol. The van der Waals surface area contributed by atoms with Gasteiger partial charge in [-0.15, -0.1) is 0 Å². The van der Waals surface area contributed by atoms with E-state index >= 15 is 0 Å². The number of hydrogen-bond donors (Lipinski definition) is 1. The van der Waals surface area contributed by atoms with E-state index in [0.29, 0.717) is 0 Å². The Morgan fingerprint density at radius 3 is 2.22 bits per heavy atom. The molecule has 1 aromatic heterocycles. The molecule has 6 aliphatic rings. The second-order valence-electron chi connectivity index (χ2n) is 13.6. The number of fused-ring (bicyclic) bond motifs is 8. The molecule has 1 N–H and O–H groups in total. The van der Waals surface area contributed by atoms with E-state index in [2.05, 4.69) is 140 Å². The third-order valence-corrected chi connectivity index (χ3v) is 18.9. The van der Waals surface area contributed by atoms with E-state index in [1.165, 1.54) is 60.7 Å². The van der Waals surface area contributed by atoms with E-state index in [0.717, 1.165) is 18.6 Å². The number of para-hydroxylation sites is 3. The Bertz CT molecular complexity index is 2190. The van der Waals surface area contributed by atoms with Gasteiger partial charge in [-0.3, -0.25) is 0 Å². The van der Waals surface area contributed by atoms with E-state index in [-0.39, 0.29) is 12.1 Å². The van der Waals surface area contributed by atoms with Crippen molar-refractivity contribution in [3.05, 3.63) is 120 Å². The molecule has 0 unspecified atom stereocenters. The SMILES string of the molecule is CC1(C)c2ccccc2B2c3ccccc3-n3c4ccccc4c4c(P56(Nc7ccccc7)B7[B-]B5B76)cc1c2c43. The first-order valence-corrected chi connectivity index (χ1v) is 17.5. The fraction of sp³-hybridized carbons (Fsp3) is 0.0909. The average Bonchev–Trinajstić information content (AvgIpc) is 3.57. The Labute approximate surface area is 242 Å². The Balaban J connectivity index is 1.35. The van der Waals surface area contributed by atoms with E-state index in [4.69, 9.17) is 0 Å². The molecule has 2 radical (unpaired) electrons. The van der Waals surface area contributed by atoms with Crippen molar-refractivity contribution in [1.82, 2.24) is 4.57 Å². The van der Waals surface area contributed by atoms with Crippen LogP contribution in [0.1, 0.15) is 25.0 Å². The third kappa shape index (κ3) is 2.10. The van der Waals surface area contributed by atoms with Gasteiger partial charge in [0.15, 0.2) is 0 Å². The Morgan fingerprint density at radius 1 is 0.756 bits per heavy atom. The Hall–Kier alpha value is -3.55. The maximum atomic E-state index is 4.35. The summed E-state index contributed by atoms with van der Waals surface area (Å²) in [6.07, 6.45) is -0.0114. The van der Waals surface area contributed by atoms with Crippen molar-refractivity contribution >= 4 is 88.0 Å². The van der Waals surface area contributed by atoms with Crippen LogP contribution in [0.15, 0.2) is 109 Å². The molecule has 6 aromatic rings. The van der Waals surface area contributed by atoms with Crippen LogP contribution in [0.3, 0.4) is 0 Å². The number of nitrogens with one attached hydrogen (secondary N) is 1. The van der Waals surface area contributed by atoms with E-state index in [1.54, 1.807) is 5.30 Å². The zero-order chi connectivity index (χ0) is 26.9. The molecule has 7 heterocycles. The first-order valence-electron chi connectivity index (χ1n) is 15.1. The molecule has 0 saturated carbocycles. The van der Waals surface area contributed by atoms with Crippen LogP contribution < -0.4 is 26.8 Å². The summed E-state index contributed by atoms with van der Waals surface area (Å²) >= 11 is 0. The van der Waals surface area contributed by atoms with Gasteiger partial charge in [0.25, 0.3) is 0 Å². The van der Waals surface area contributed by atoms with Crippen LogP contribution in [-0.4, -0.2) is 37.0 Å². The molecule has 41 heavy (non-hydrogen) atoms. The molecule has 0 aliphatic carbocycles. The minimum atomic E-state index is -2.31. The zero-order valence-electron chi connectivity index (χ0n) is 23.2. The standard InChI is InChI=1S/C33H25B5N2P/c1-33(2)23-15-7-8-16-25(23)35-26-17-9-11-19-28(26)40-27-18-10-6-14-22(27)30-29(20-24(33)31(35)32(30)40)41(36-34-37(41)38(36)41)39-21-12-4-3-5-13-21/h3-20,39H,1-2H3/q-1. The third-order valence-electron chi connectivity index (χ3n) is 11.9. The summed E-state index contributed by atoms with van der Waals surface area (Å²) in [5, 5.41) is 8.96. The summed E-state index contributed by atoms with van der Waals surface area (Å²) < 4.78 is 2.64. The second kappa shape index (κ2) is 6.58. The van der Waals surface area contributed by atoms with E-state index in [9.17, 15) is 0 Å². The van der Waals surface area contributed by atoms with Crippen molar-refractivity contribution in [2.75, 3.05) is 5.09 Å². The summed E-state index contributed by atoms with van der Waals surface area (Å²) in [6, 6.07) is 41.5. The summed E-state index contributed by atoms with van der Waals surface area (Å²) in [5.41, 5.74) is 12.8. The minimum absolute atomic E-state index is 0.0796. The molecule has 4 saturated heterocycles. The van der Waals surface area contributed by atoms with Crippen molar-refractivity contribution in [3.8, 4) is 5.69 Å². The molecule has 0 atom stereocenters. The van der Waals surface area contributed by atoms with Crippen LogP contribution in [0.4, 0.5) is 5.69 Å². The predicted molar refractivity (Wildman–Crippen MR) is 184 cm³/mol. The van der Waals surface area contributed by atoms with E-state index < -0.39 is 6.39 Å². The molecule has 12 rings (SSSR count). The predicted octanol–water partition coefficient (Wildman–Crippen LogP) is 4.33. The first kappa shape index (κ1) is 22.1. The summed E-state index contributed by atoms with van der Waals surface area (Å²) in [4.78, 5) is 0. The topological polar surface area (TPSA) is 17.0 Å². The molecule has 0 amide bonds. The van der Waals surface area contributed by atoms with Crippen LogP contribution in [0, 0.1) is 0 Å². The van der Waals surface area contributed by atoms with Crippen molar-refractivity contribution in [2.45, 2.75) is 19.3 Å². The number of nitrogens with zero attached hydrogens (tertiary/aromatic N) is 1. The van der Waals surface area contributed by atoms with Gasteiger partial charge in [-0.05, 0) is 0 Å². The molecule has 5 aromatic carbocycles. The summed E-state index contributed by atoms with van der Waals surface area (Å²) in [5.74, 6) is 0. The second-order valence-corrected chi connectivity index (χ2v) is 18.8. The molecule has 8 heteroatoms. The average molecular weight is 535 g/mol. The van der Waals surface area contributed by atoms with Crippen LogP contribution in [0.2, 0.25) is 0 Å². The van der Waals surface area contributed by atoms with Gasteiger partial charge in [-0.25, -0.2) is 0 Å². The first-order chi connectivity index (χ1) is 20.1. The number of anilines is 1. The van der Waals surface area contributed by atoms with Gasteiger partial charge >= 0.3 is 243 Å². The fourth-order valence-corrected chi connectivity index (χ4v) is 18.2. The normalized spacial score (nSPS) is 20.9. The van der Waals surface area contributed by atoms with Gasteiger partial charge < -0.3 is 0 Å². The molecule has 188 valence electrons. The van der Waals surface area contributed by atoms with Crippen molar-refractivity contribution in [2.24, 2.45) is 0 Å². The zero-order valence-corrected chi connectivity index (χ0v) is 24.1. The summed E-state index contributed by atoms with van der Waals surface area (Å²) in [7, 11) is 2.66. The number of hydrogen-bond acceptors (Lipinski definition) is 1. The maximum absolute atomic E-state index is 4.35. The van der Waals surface area contributed by atoms with Gasteiger partial charge in [-0.1, -0.05) is 0 Å². The molecule has 0 spiro atoms. The molecular weight excluding hydrogens is 509 g/mol. The number of aromatic nitrogens is 1. The van der Waals surface area contributed by atoms with Crippen LogP contribution >= 0.6 is 6.39 Å². The Kier molecular flexibility index (Phi) is 3.55. The molecule has 2 bridgehead atoms. The van der Waals surface area contributed by atoms with Crippen LogP contribution in [0.5, 0.6) is 0 Å². The van der Waals surface area contributed by atoms with E-state index in [1.807, 2.05) is 0 Å². The van der Waals surface area contributed by atoms with Crippen molar-refractivity contribution in [1.29, 1.82) is 0 Å². The molecule has 2 nitrogen and oxygen atoms in total. The van der Waals surface area contributed by atoms with Crippen LogP contribution in [-0.2, 0) is 5.41 Å². The summed E-state index contributed by atoms with van der Waals surface area (Å²) in [6.45, 7) is 5.19. The van der Waals surface area contributed by atoms with Gasteiger partial charge in [0.2, 0.25) is 0 Å². The van der Waals surface area contributed by atoms with Crippen molar-refractivity contribution in [3.63, 3.8) is 0 Å². The van der Waals surface area contributed by atoms with Gasteiger partial charge in [0.05, 0.1) is 0 Å². The van der Waals surface area contributed by atoms with Gasteiger partial charge in [0.1, 0.15) is 0 Å². The number of benzene rings is 5. The van der Waals surface area contributed by atoms with Crippen molar-refractivity contribution < 1.29 is 0 Å².